The van der Waals surface area contributed by atoms with Crippen LogP contribution >= 0.6 is 0 Å². The lowest BCUT2D eigenvalue weighted by Crippen LogP contribution is -2.30. The Balaban J connectivity index is 1.60. The molecular weight excluding hydrogens is 308 g/mol. The number of allylic oxidation sites excluding steroid dienone is 1. The molecule has 2 heterocycles. The molecule has 2 atom stereocenters. The third-order valence-corrected chi connectivity index (χ3v) is 4.32. The van der Waals surface area contributed by atoms with Crippen LogP contribution in [0.3, 0.4) is 0 Å². The van der Waals surface area contributed by atoms with Crippen molar-refractivity contribution in [1.29, 1.82) is 0 Å². The molecule has 0 unspecified atom stereocenters. The van der Waals surface area contributed by atoms with Gasteiger partial charge in [0.05, 0.1) is 18.5 Å². The molecule has 1 aromatic heterocycles. The maximum absolute atomic E-state index is 12.5. The number of unbranched alkanes of at least 4 members (excludes halogenated alkanes) is 1. The first-order chi connectivity index (χ1) is 11.8. The van der Waals surface area contributed by atoms with Crippen LogP contribution in [0.2, 0.25) is 0 Å². The molecule has 2 N–H and O–H groups in total. The zero-order chi connectivity index (χ0) is 16.8. The second kappa shape index (κ2) is 8.26. The summed E-state index contributed by atoms with van der Waals surface area (Å²) in [7, 11) is 0. The van der Waals surface area contributed by atoms with E-state index in [1.54, 1.807) is 24.5 Å². The van der Waals surface area contributed by atoms with Gasteiger partial charge in [-0.15, -0.1) is 0 Å². The molecule has 0 saturated heterocycles. The van der Waals surface area contributed by atoms with Gasteiger partial charge in [-0.1, -0.05) is 0 Å². The number of nitrogens with zero attached hydrogens (tertiary/aromatic N) is 1. The Kier molecular flexibility index (Phi) is 5.82. The van der Waals surface area contributed by atoms with Crippen molar-refractivity contribution in [3.8, 4) is 0 Å². The van der Waals surface area contributed by atoms with Gasteiger partial charge in [0, 0.05) is 19.2 Å². The second-order valence-electron chi connectivity index (χ2n) is 6.31. The highest BCUT2D eigenvalue weighted by Gasteiger charge is 2.37. The van der Waals surface area contributed by atoms with Gasteiger partial charge in [0.1, 0.15) is 0 Å². The Labute approximate surface area is 141 Å². The molecule has 1 aliphatic carbocycles. The van der Waals surface area contributed by atoms with Crippen LogP contribution in [0, 0.1) is 11.8 Å². The van der Waals surface area contributed by atoms with Crippen molar-refractivity contribution >= 4 is 11.6 Å². The maximum Gasteiger partial charge on any atom is 0.290 e. The molecule has 6 nitrogen and oxygen atoms in total. The molecule has 1 aromatic rings. The van der Waals surface area contributed by atoms with Crippen LogP contribution in [0.1, 0.15) is 32.1 Å². The third-order valence-electron chi connectivity index (χ3n) is 4.32. The van der Waals surface area contributed by atoms with Crippen LogP contribution in [0.15, 0.2) is 36.4 Å². The Morgan fingerprint density at radius 1 is 1.42 bits per heavy atom. The summed E-state index contributed by atoms with van der Waals surface area (Å²) in [6.07, 6.45) is 9.49. The van der Waals surface area contributed by atoms with Gasteiger partial charge in [-0.25, -0.2) is 0 Å². The lowest BCUT2D eigenvalue weighted by molar-refractivity contribution is -0.147. The summed E-state index contributed by atoms with van der Waals surface area (Å²) in [6, 6.07) is 3.56. The molecule has 1 saturated carbocycles. The smallest absolute Gasteiger partial charge is 0.290 e. The Bertz CT molecular complexity index is 572. The molecule has 2 aliphatic rings. The summed E-state index contributed by atoms with van der Waals surface area (Å²) >= 11 is 0. The van der Waals surface area contributed by atoms with Crippen molar-refractivity contribution in [2.24, 2.45) is 11.8 Å². The molecule has 0 spiro atoms. The minimum atomic E-state index is -0.394. The number of anilines is 1. The highest BCUT2D eigenvalue weighted by molar-refractivity contribution is 6.02. The number of nitrogens with one attached hydrogen (secondary N) is 1. The quantitative estimate of drug-likeness (QED) is 0.715. The molecule has 1 aliphatic heterocycles. The second-order valence-corrected chi connectivity index (χ2v) is 6.31. The largest absolute Gasteiger partial charge is 0.459 e. The predicted octanol–water partition coefficient (Wildman–Crippen LogP) is 2.47. The fourth-order valence-electron chi connectivity index (χ4n) is 2.86. The first-order valence-electron chi connectivity index (χ1n) is 8.58. The van der Waals surface area contributed by atoms with Gasteiger partial charge >= 0.3 is 0 Å². The van der Waals surface area contributed by atoms with Gasteiger partial charge in [-0.05, 0) is 55.7 Å². The summed E-state index contributed by atoms with van der Waals surface area (Å²) in [5.74, 6) is 1.03. The van der Waals surface area contributed by atoms with Crippen LogP contribution in [0.4, 0.5) is 5.69 Å². The highest BCUT2D eigenvalue weighted by atomic mass is 16.7. The fraction of sp³-hybridized carbons (Fsp3) is 0.556. The molecular formula is C18H24N2O4. The van der Waals surface area contributed by atoms with Crippen molar-refractivity contribution in [3.05, 3.63) is 36.4 Å². The molecule has 1 fully saturated rings. The number of hydrogen-bond donors (Lipinski definition) is 2. The Morgan fingerprint density at radius 3 is 3.00 bits per heavy atom. The number of rotatable bonds is 8. The lowest BCUT2D eigenvalue weighted by Gasteiger charge is -2.29. The number of pyridine rings is 1. The van der Waals surface area contributed by atoms with E-state index >= 15 is 0 Å². The van der Waals surface area contributed by atoms with E-state index in [2.05, 4.69) is 10.3 Å². The number of hydrogen-bond acceptors (Lipinski definition) is 5. The minimum Gasteiger partial charge on any atom is -0.459 e. The van der Waals surface area contributed by atoms with Crippen molar-refractivity contribution < 1.29 is 19.4 Å². The summed E-state index contributed by atoms with van der Waals surface area (Å²) in [6.45, 7) is 0.693. The maximum atomic E-state index is 12.5. The predicted molar refractivity (Wildman–Crippen MR) is 88.9 cm³/mol. The SMILES string of the molecule is O=C(Nc1cccnc1)C1=C[C@H](C2CC2)C[C@H](OCCCCO)O1. The van der Waals surface area contributed by atoms with Crippen LogP contribution in [-0.2, 0) is 14.3 Å². The Hall–Kier alpha value is -1.92. The summed E-state index contributed by atoms with van der Waals surface area (Å²) in [5, 5.41) is 11.6. The summed E-state index contributed by atoms with van der Waals surface area (Å²) < 4.78 is 11.5. The zero-order valence-corrected chi connectivity index (χ0v) is 13.7. The molecule has 130 valence electrons. The van der Waals surface area contributed by atoms with Crippen molar-refractivity contribution in [2.45, 2.75) is 38.4 Å². The van der Waals surface area contributed by atoms with Crippen LogP contribution in [0.25, 0.3) is 0 Å². The average Bonchev–Trinajstić information content (AvgIpc) is 3.44. The van der Waals surface area contributed by atoms with Gasteiger partial charge in [0.15, 0.2) is 5.76 Å². The van der Waals surface area contributed by atoms with E-state index in [1.165, 1.54) is 12.8 Å². The first kappa shape index (κ1) is 16.9. The van der Waals surface area contributed by atoms with Gasteiger partial charge in [0.2, 0.25) is 6.29 Å². The average molecular weight is 332 g/mol. The van der Waals surface area contributed by atoms with E-state index in [4.69, 9.17) is 14.6 Å². The Morgan fingerprint density at radius 2 is 2.29 bits per heavy atom. The number of aromatic nitrogens is 1. The summed E-state index contributed by atoms with van der Waals surface area (Å²) in [5.41, 5.74) is 0.640. The lowest BCUT2D eigenvalue weighted by atomic mass is 9.96. The van der Waals surface area contributed by atoms with Crippen molar-refractivity contribution in [2.75, 3.05) is 18.5 Å². The highest BCUT2D eigenvalue weighted by Crippen LogP contribution is 2.42. The fourth-order valence-corrected chi connectivity index (χ4v) is 2.86. The number of aliphatic hydroxyl groups is 1. The third kappa shape index (κ3) is 4.79. The number of amides is 1. The normalized spacial score (nSPS) is 23.3. The number of ether oxygens (including phenoxy) is 2. The molecule has 0 aromatic carbocycles. The molecule has 3 rings (SSSR count). The van der Waals surface area contributed by atoms with Crippen LogP contribution < -0.4 is 5.32 Å². The monoisotopic (exact) mass is 332 g/mol. The van der Waals surface area contributed by atoms with Gasteiger partial charge in [-0.3, -0.25) is 9.78 Å². The molecule has 0 bridgehead atoms. The van der Waals surface area contributed by atoms with Gasteiger partial charge < -0.3 is 19.9 Å². The van der Waals surface area contributed by atoms with Gasteiger partial charge in [0.25, 0.3) is 5.91 Å². The van der Waals surface area contributed by atoms with E-state index in [0.29, 0.717) is 36.3 Å². The van der Waals surface area contributed by atoms with Crippen LogP contribution in [0.5, 0.6) is 0 Å². The van der Waals surface area contributed by atoms with Crippen LogP contribution in [-0.4, -0.2) is 35.5 Å². The minimum absolute atomic E-state index is 0.165. The molecule has 1 amide bonds. The first-order valence-corrected chi connectivity index (χ1v) is 8.58. The van der Waals surface area contributed by atoms with Crippen molar-refractivity contribution in [3.63, 3.8) is 0 Å². The topological polar surface area (TPSA) is 80.7 Å². The van der Waals surface area contributed by atoms with E-state index in [9.17, 15) is 4.79 Å². The number of aliphatic hydroxyl groups excluding tert-OH is 1. The summed E-state index contributed by atoms with van der Waals surface area (Å²) in [4.78, 5) is 16.4. The number of carbonyl (C=O) groups is 1. The van der Waals surface area contributed by atoms with E-state index in [1.807, 2.05) is 6.08 Å². The van der Waals surface area contributed by atoms with Crippen molar-refractivity contribution in [1.82, 2.24) is 4.98 Å². The van der Waals surface area contributed by atoms with Gasteiger partial charge in [-0.2, -0.15) is 0 Å². The molecule has 24 heavy (non-hydrogen) atoms. The molecule has 6 heteroatoms. The molecule has 0 radical (unpaired) electrons. The zero-order valence-electron chi connectivity index (χ0n) is 13.7. The van der Waals surface area contributed by atoms with E-state index in [-0.39, 0.29) is 12.5 Å². The van der Waals surface area contributed by atoms with E-state index < -0.39 is 6.29 Å². The standard InChI is InChI=1S/C18H24N2O4/c21-8-1-2-9-23-17-11-14(13-5-6-13)10-16(24-17)18(22)20-15-4-3-7-19-12-15/h3-4,7,10,12-14,17,21H,1-2,5-6,8-9,11H2,(H,20,22)/t14-,17+/m0/s1. The number of carbonyl (C=O) groups excluding carboxylic acids is 1. The van der Waals surface area contributed by atoms with E-state index in [0.717, 1.165) is 12.8 Å².